The summed E-state index contributed by atoms with van der Waals surface area (Å²) < 4.78 is 0. The van der Waals surface area contributed by atoms with Gasteiger partial charge in [-0.05, 0) is 31.9 Å². The van der Waals surface area contributed by atoms with Gasteiger partial charge in [0.05, 0.1) is 5.41 Å². The van der Waals surface area contributed by atoms with Crippen molar-refractivity contribution >= 4 is 11.8 Å². The number of benzene rings is 1. The number of hydrogen-bond donors (Lipinski definition) is 1. The zero-order chi connectivity index (χ0) is 19.3. The molecule has 0 spiro atoms. The Labute approximate surface area is 164 Å². The third kappa shape index (κ3) is 2.64. The Morgan fingerprint density at radius 2 is 1.82 bits per heavy atom. The van der Waals surface area contributed by atoms with Crippen molar-refractivity contribution in [3.63, 3.8) is 0 Å². The van der Waals surface area contributed by atoms with Gasteiger partial charge in [-0.1, -0.05) is 24.6 Å². The minimum atomic E-state index is -0.380. The van der Waals surface area contributed by atoms with E-state index in [-0.39, 0.29) is 29.1 Å². The van der Waals surface area contributed by atoms with Gasteiger partial charge in [-0.25, -0.2) is 4.98 Å². The van der Waals surface area contributed by atoms with Crippen LogP contribution in [0, 0.1) is 18.8 Å². The zero-order valence-electron chi connectivity index (χ0n) is 16.1. The van der Waals surface area contributed by atoms with E-state index in [0.29, 0.717) is 31.7 Å². The molecule has 0 radical (unpaired) electrons. The Bertz CT molecular complexity index is 907. The molecule has 3 fully saturated rings. The summed E-state index contributed by atoms with van der Waals surface area (Å²) in [6.45, 7) is 4.35. The van der Waals surface area contributed by atoms with Gasteiger partial charge >= 0.3 is 0 Å². The second-order valence-electron chi connectivity index (χ2n) is 8.50. The number of aromatic amines is 1. The molecule has 1 N–H and O–H groups in total. The molecule has 3 heterocycles. The lowest BCUT2D eigenvalue weighted by molar-refractivity contribution is -0.137. The minimum Gasteiger partial charge on any atom is -0.341 e. The number of likely N-dealkylation sites (tertiary alicyclic amines) is 2. The Kier molecular flexibility index (Phi) is 4.00. The average molecular weight is 379 g/mol. The first kappa shape index (κ1) is 17.4. The Morgan fingerprint density at radius 1 is 1.11 bits per heavy atom. The van der Waals surface area contributed by atoms with Gasteiger partial charge in [0.15, 0.2) is 5.82 Å². The number of nitrogens with one attached hydrogen (secondary N) is 1. The van der Waals surface area contributed by atoms with E-state index in [0.717, 1.165) is 30.9 Å². The monoisotopic (exact) mass is 379 g/mol. The van der Waals surface area contributed by atoms with Crippen LogP contribution in [-0.4, -0.2) is 63.0 Å². The van der Waals surface area contributed by atoms with Gasteiger partial charge in [-0.15, -0.1) is 0 Å². The van der Waals surface area contributed by atoms with E-state index in [4.69, 9.17) is 0 Å². The van der Waals surface area contributed by atoms with E-state index in [1.807, 2.05) is 47.1 Å². The molecule has 2 atom stereocenters. The third-order valence-corrected chi connectivity index (χ3v) is 6.73. The van der Waals surface area contributed by atoms with Crippen LogP contribution in [0.15, 0.2) is 30.3 Å². The number of carbonyl (C=O) groups excluding carboxylic acids is 2. The second-order valence-corrected chi connectivity index (χ2v) is 8.50. The van der Waals surface area contributed by atoms with Crippen LogP contribution in [0.3, 0.4) is 0 Å². The summed E-state index contributed by atoms with van der Waals surface area (Å²) in [4.78, 5) is 34.4. The van der Waals surface area contributed by atoms with Crippen molar-refractivity contribution in [1.82, 2.24) is 25.0 Å². The highest BCUT2D eigenvalue weighted by atomic mass is 16.2. The van der Waals surface area contributed by atoms with Crippen molar-refractivity contribution in [2.45, 2.75) is 31.6 Å². The van der Waals surface area contributed by atoms with Crippen LogP contribution < -0.4 is 0 Å². The molecular weight excluding hydrogens is 354 g/mol. The van der Waals surface area contributed by atoms with Crippen molar-refractivity contribution in [1.29, 1.82) is 0 Å². The number of nitrogens with zero attached hydrogens (tertiary/aromatic N) is 4. The van der Waals surface area contributed by atoms with Crippen molar-refractivity contribution in [3.8, 4) is 0 Å². The highest BCUT2D eigenvalue weighted by molar-refractivity contribution is 5.94. The van der Waals surface area contributed by atoms with Crippen LogP contribution in [0.4, 0.5) is 0 Å². The van der Waals surface area contributed by atoms with E-state index in [9.17, 15) is 9.59 Å². The summed E-state index contributed by atoms with van der Waals surface area (Å²) in [5, 5.41) is 7.41. The predicted octanol–water partition coefficient (Wildman–Crippen LogP) is 1.77. The van der Waals surface area contributed by atoms with E-state index in [1.165, 1.54) is 0 Å². The molecule has 1 aliphatic carbocycles. The zero-order valence-corrected chi connectivity index (χ0v) is 16.1. The first-order valence-corrected chi connectivity index (χ1v) is 10.1. The molecule has 2 amide bonds. The van der Waals surface area contributed by atoms with Gasteiger partial charge in [-0.2, -0.15) is 5.10 Å². The van der Waals surface area contributed by atoms with Crippen LogP contribution in [0.5, 0.6) is 0 Å². The predicted molar refractivity (Wildman–Crippen MR) is 103 cm³/mol. The topological polar surface area (TPSA) is 82.2 Å². The van der Waals surface area contributed by atoms with Crippen molar-refractivity contribution in [2.24, 2.45) is 11.8 Å². The average Bonchev–Trinajstić information content (AvgIpc) is 3.32. The summed E-state index contributed by atoms with van der Waals surface area (Å²) in [7, 11) is 0. The molecule has 2 aromatic rings. The highest BCUT2D eigenvalue weighted by Crippen LogP contribution is 2.45. The summed E-state index contributed by atoms with van der Waals surface area (Å²) >= 11 is 0. The van der Waals surface area contributed by atoms with Gasteiger partial charge in [0.1, 0.15) is 5.82 Å². The number of H-pyrrole nitrogens is 1. The standard InChI is InChI=1S/C21H25N5O2/c1-14-22-20(24-23-14)21-12-25(18(27)15-6-3-2-4-7-15)10-17(21)11-26(13-21)19(28)16-8-5-9-16/h2-4,6-7,16-17H,5,8-13H2,1H3,(H,22,23,24)/t17-,21-/m0/s1. The number of carbonyl (C=O) groups is 2. The molecule has 5 rings (SSSR count). The molecule has 3 aliphatic rings. The van der Waals surface area contributed by atoms with E-state index >= 15 is 0 Å². The van der Waals surface area contributed by atoms with Crippen LogP contribution in [0.2, 0.25) is 0 Å². The molecule has 7 heteroatoms. The van der Waals surface area contributed by atoms with Crippen LogP contribution in [0.1, 0.15) is 41.3 Å². The maximum atomic E-state index is 13.0. The normalized spacial score (nSPS) is 27.0. The molecule has 146 valence electrons. The fourth-order valence-electron chi connectivity index (χ4n) is 4.95. The van der Waals surface area contributed by atoms with Crippen molar-refractivity contribution < 1.29 is 9.59 Å². The quantitative estimate of drug-likeness (QED) is 0.881. The number of rotatable bonds is 3. The molecule has 1 saturated carbocycles. The number of hydrogen-bond acceptors (Lipinski definition) is 4. The molecule has 1 aromatic carbocycles. The second kappa shape index (κ2) is 6.43. The van der Waals surface area contributed by atoms with Crippen LogP contribution in [0.25, 0.3) is 0 Å². The van der Waals surface area contributed by atoms with E-state index in [2.05, 4.69) is 15.2 Å². The van der Waals surface area contributed by atoms with Gasteiger partial charge < -0.3 is 9.80 Å². The Balaban J connectivity index is 1.43. The summed E-state index contributed by atoms with van der Waals surface area (Å²) in [6.07, 6.45) is 3.16. The lowest BCUT2D eigenvalue weighted by Crippen LogP contribution is -2.44. The van der Waals surface area contributed by atoms with Crippen molar-refractivity contribution in [3.05, 3.63) is 47.5 Å². The first-order chi connectivity index (χ1) is 13.6. The highest BCUT2D eigenvalue weighted by Gasteiger charge is 2.58. The summed E-state index contributed by atoms with van der Waals surface area (Å²) in [5.41, 5.74) is 0.320. The summed E-state index contributed by atoms with van der Waals surface area (Å²) in [5.74, 6) is 2.17. The van der Waals surface area contributed by atoms with Crippen molar-refractivity contribution in [2.75, 3.05) is 26.2 Å². The molecule has 0 bridgehead atoms. The largest absolute Gasteiger partial charge is 0.341 e. The third-order valence-electron chi connectivity index (χ3n) is 6.73. The molecule has 7 nitrogen and oxygen atoms in total. The van der Waals surface area contributed by atoms with Gasteiger partial charge in [0.25, 0.3) is 5.91 Å². The molecule has 28 heavy (non-hydrogen) atoms. The first-order valence-electron chi connectivity index (χ1n) is 10.1. The Hall–Kier alpha value is -2.70. The molecule has 2 saturated heterocycles. The maximum absolute atomic E-state index is 13.0. The smallest absolute Gasteiger partial charge is 0.253 e. The van der Waals surface area contributed by atoms with E-state index < -0.39 is 0 Å². The van der Waals surface area contributed by atoms with Gasteiger partial charge in [-0.3, -0.25) is 14.7 Å². The fourth-order valence-corrected chi connectivity index (χ4v) is 4.95. The number of aromatic nitrogens is 3. The number of aryl methyl sites for hydroxylation is 1. The number of amides is 2. The van der Waals surface area contributed by atoms with Crippen LogP contribution in [-0.2, 0) is 10.2 Å². The van der Waals surface area contributed by atoms with E-state index in [1.54, 1.807) is 0 Å². The lowest BCUT2D eigenvalue weighted by Gasteiger charge is -2.31. The molecule has 2 aliphatic heterocycles. The maximum Gasteiger partial charge on any atom is 0.253 e. The lowest BCUT2D eigenvalue weighted by atomic mass is 9.80. The van der Waals surface area contributed by atoms with Gasteiger partial charge in [0, 0.05) is 43.6 Å². The number of fused-ring (bicyclic) bond motifs is 1. The van der Waals surface area contributed by atoms with Crippen LogP contribution >= 0.6 is 0 Å². The summed E-state index contributed by atoms with van der Waals surface area (Å²) in [6, 6.07) is 9.39. The fraction of sp³-hybridized carbons (Fsp3) is 0.524. The molecule has 0 unspecified atom stereocenters. The Morgan fingerprint density at radius 3 is 2.46 bits per heavy atom. The van der Waals surface area contributed by atoms with Gasteiger partial charge in [0.2, 0.25) is 5.91 Å². The SMILES string of the molecule is Cc1nc([C@]23CN(C(=O)c4ccccc4)C[C@H]2CN(C(=O)C2CCC2)C3)n[nH]1. The minimum absolute atomic E-state index is 0.0403. The molecule has 1 aromatic heterocycles. The molecular formula is C21H25N5O2.